The van der Waals surface area contributed by atoms with Gasteiger partial charge in [0.25, 0.3) is 0 Å². The van der Waals surface area contributed by atoms with Crippen molar-refractivity contribution in [2.45, 2.75) is 45.4 Å². The van der Waals surface area contributed by atoms with E-state index >= 15 is 0 Å². The molecule has 2 rings (SSSR count). The van der Waals surface area contributed by atoms with Crippen molar-refractivity contribution in [2.75, 3.05) is 0 Å². The zero-order chi connectivity index (χ0) is 23.7. The summed E-state index contributed by atoms with van der Waals surface area (Å²) in [7, 11) is 0. The van der Waals surface area contributed by atoms with Gasteiger partial charge in [0.2, 0.25) is 5.91 Å². The number of ether oxygens (including phenoxy) is 1. The zero-order valence-electron chi connectivity index (χ0n) is 17.8. The largest absolute Gasteiger partial charge is 0.480 e. The molecule has 0 saturated heterocycles. The Kier molecular flexibility index (Phi) is 9.81. The molecule has 172 valence electrons. The molecular weight excluding hydrogens is 455 g/mol. The van der Waals surface area contributed by atoms with Gasteiger partial charge in [0.15, 0.2) is 0 Å². The number of hydrogen-bond acceptors (Lipinski definition) is 4. The summed E-state index contributed by atoms with van der Waals surface area (Å²) in [6.07, 6.45) is -0.576. The van der Waals surface area contributed by atoms with Crippen LogP contribution in [0.25, 0.3) is 0 Å². The van der Waals surface area contributed by atoms with E-state index in [9.17, 15) is 19.5 Å². The number of amides is 2. The average Bonchev–Trinajstić information content (AvgIpc) is 2.73. The van der Waals surface area contributed by atoms with Gasteiger partial charge in [-0.3, -0.25) is 4.79 Å². The van der Waals surface area contributed by atoms with E-state index in [4.69, 9.17) is 27.9 Å². The SMILES string of the molecule is CC(C)C[C@H](NC(=O)OCc1ccccc1)C(=O)N[C@H](Cc1c(Cl)cccc1Cl)C(=O)O. The number of carbonyl (C=O) groups excluding carboxylic acids is 2. The van der Waals surface area contributed by atoms with Gasteiger partial charge in [-0.05, 0) is 35.6 Å². The second-order valence-corrected chi connectivity index (χ2v) is 8.51. The number of carboxylic acid groups (broad SMARTS) is 1. The third kappa shape index (κ3) is 8.05. The number of halogens is 2. The van der Waals surface area contributed by atoms with Crippen molar-refractivity contribution < 1.29 is 24.2 Å². The maximum atomic E-state index is 12.9. The number of hydrogen-bond donors (Lipinski definition) is 3. The molecule has 0 aliphatic heterocycles. The molecule has 9 heteroatoms. The van der Waals surface area contributed by atoms with Gasteiger partial charge in [0, 0.05) is 16.5 Å². The van der Waals surface area contributed by atoms with Crippen LogP contribution in [0.2, 0.25) is 10.0 Å². The Bertz CT molecular complexity index is 917. The molecule has 0 heterocycles. The zero-order valence-corrected chi connectivity index (χ0v) is 19.3. The van der Waals surface area contributed by atoms with E-state index in [2.05, 4.69) is 10.6 Å². The third-order valence-electron chi connectivity index (χ3n) is 4.61. The van der Waals surface area contributed by atoms with Crippen molar-refractivity contribution in [3.05, 3.63) is 69.7 Å². The maximum absolute atomic E-state index is 12.9. The molecule has 2 amide bonds. The monoisotopic (exact) mass is 480 g/mol. The molecule has 0 unspecified atom stereocenters. The van der Waals surface area contributed by atoms with Gasteiger partial charge >= 0.3 is 12.1 Å². The molecule has 3 N–H and O–H groups in total. The lowest BCUT2D eigenvalue weighted by Crippen LogP contribution is -2.52. The van der Waals surface area contributed by atoms with E-state index in [0.29, 0.717) is 22.0 Å². The van der Waals surface area contributed by atoms with Crippen molar-refractivity contribution in [3.8, 4) is 0 Å². The lowest BCUT2D eigenvalue weighted by Gasteiger charge is -2.23. The molecule has 0 aliphatic carbocycles. The van der Waals surface area contributed by atoms with Crippen LogP contribution in [-0.2, 0) is 27.4 Å². The summed E-state index contributed by atoms with van der Waals surface area (Å²) in [5, 5.41) is 15.2. The van der Waals surface area contributed by atoms with Crippen LogP contribution in [0.15, 0.2) is 48.5 Å². The summed E-state index contributed by atoms with van der Waals surface area (Å²) in [5.41, 5.74) is 1.22. The van der Waals surface area contributed by atoms with Crippen molar-refractivity contribution in [3.63, 3.8) is 0 Å². The van der Waals surface area contributed by atoms with Crippen LogP contribution < -0.4 is 10.6 Å². The van der Waals surface area contributed by atoms with Gasteiger partial charge in [0.1, 0.15) is 18.7 Å². The number of carboxylic acids is 1. The minimum atomic E-state index is -1.28. The normalized spacial score (nSPS) is 12.7. The van der Waals surface area contributed by atoms with E-state index < -0.39 is 30.1 Å². The number of aliphatic carboxylic acids is 1. The highest BCUT2D eigenvalue weighted by Gasteiger charge is 2.28. The van der Waals surface area contributed by atoms with E-state index in [1.54, 1.807) is 18.2 Å². The molecule has 0 saturated carbocycles. The van der Waals surface area contributed by atoms with Crippen LogP contribution in [0.5, 0.6) is 0 Å². The summed E-state index contributed by atoms with van der Waals surface area (Å²) in [6, 6.07) is 11.7. The van der Waals surface area contributed by atoms with Gasteiger partial charge in [-0.2, -0.15) is 0 Å². The first-order chi connectivity index (χ1) is 15.2. The van der Waals surface area contributed by atoms with Gasteiger partial charge in [-0.1, -0.05) is 73.4 Å². The quantitative estimate of drug-likeness (QED) is 0.465. The van der Waals surface area contributed by atoms with Gasteiger partial charge in [-0.25, -0.2) is 9.59 Å². The van der Waals surface area contributed by atoms with Crippen LogP contribution >= 0.6 is 23.2 Å². The lowest BCUT2D eigenvalue weighted by molar-refractivity contribution is -0.142. The number of benzene rings is 2. The molecule has 0 spiro atoms. The summed E-state index contributed by atoms with van der Waals surface area (Å²) >= 11 is 12.3. The average molecular weight is 481 g/mol. The second kappa shape index (κ2) is 12.3. The molecule has 0 aliphatic rings. The number of alkyl carbamates (subject to hydrolysis) is 1. The minimum Gasteiger partial charge on any atom is -0.480 e. The van der Waals surface area contributed by atoms with Crippen LogP contribution in [-0.4, -0.2) is 35.2 Å². The molecule has 2 atom stereocenters. The fourth-order valence-electron chi connectivity index (χ4n) is 3.01. The van der Waals surface area contributed by atoms with E-state index in [-0.39, 0.29) is 18.9 Å². The number of nitrogens with one attached hydrogen (secondary N) is 2. The second-order valence-electron chi connectivity index (χ2n) is 7.69. The van der Waals surface area contributed by atoms with Gasteiger partial charge < -0.3 is 20.5 Å². The van der Waals surface area contributed by atoms with Crippen LogP contribution in [0.4, 0.5) is 4.79 Å². The highest BCUT2D eigenvalue weighted by Crippen LogP contribution is 2.25. The molecule has 2 aromatic carbocycles. The Labute approximate surface area is 197 Å². The number of rotatable bonds is 10. The molecule has 2 aromatic rings. The standard InChI is InChI=1S/C23H26Cl2N2O5/c1-14(2)11-19(27-23(31)32-13-15-7-4-3-5-8-15)21(28)26-20(22(29)30)12-16-17(24)9-6-10-18(16)25/h3-10,14,19-20H,11-13H2,1-2H3,(H,26,28)(H,27,31)(H,29,30)/t19-,20+/m0/s1. The molecule has 7 nitrogen and oxygen atoms in total. The highest BCUT2D eigenvalue weighted by atomic mass is 35.5. The van der Waals surface area contributed by atoms with Crippen molar-refractivity contribution >= 4 is 41.2 Å². The summed E-state index contributed by atoms with van der Waals surface area (Å²) in [6.45, 7) is 3.82. The maximum Gasteiger partial charge on any atom is 0.408 e. The Morgan fingerprint density at radius 2 is 1.56 bits per heavy atom. The lowest BCUT2D eigenvalue weighted by atomic mass is 10.0. The highest BCUT2D eigenvalue weighted by molar-refractivity contribution is 6.36. The van der Waals surface area contributed by atoms with Crippen LogP contribution in [0.1, 0.15) is 31.4 Å². The minimum absolute atomic E-state index is 0.0471. The summed E-state index contributed by atoms with van der Waals surface area (Å²) in [5.74, 6) is -1.82. The fourth-order valence-corrected chi connectivity index (χ4v) is 3.57. The first-order valence-electron chi connectivity index (χ1n) is 10.1. The Hall–Kier alpha value is -2.77. The van der Waals surface area contributed by atoms with Crippen LogP contribution in [0.3, 0.4) is 0 Å². The fraction of sp³-hybridized carbons (Fsp3) is 0.348. The third-order valence-corrected chi connectivity index (χ3v) is 5.32. The van der Waals surface area contributed by atoms with Crippen molar-refractivity contribution in [2.24, 2.45) is 5.92 Å². The van der Waals surface area contributed by atoms with E-state index in [1.807, 2.05) is 44.2 Å². The van der Waals surface area contributed by atoms with E-state index in [1.165, 1.54) is 0 Å². The first kappa shape index (κ1) is 25.5. The van der Waals surface area contributed by atoms with Gasteiger partial charge in [0.05, 0.1) is 0 Å². The smallest absolute Gasteiger partial charge is 0.408 e. The van der Waals surface area contributed by atoms with Gasteiger partial charge in [-0.15, -0.1) is 0 Å². The van der Waals surface area contributed by atoms with Crippen molar-refractivity contribution in [1.29, 1.82) is 0 Å². The summed E-state index contributed by atoms with van der Waals surface area (Å²) < 4.78 is 5.19. The predicted molar refractivity (Wildman–Crippen MR) is 123 cm³/mol. The predicted octanol–water partition coefficient (Wildman–Crippen LogP) is 4.45. The molecule has 0 fully saturated rings. The topological polar surface area (TPSA) is 105 Å². The molecular formula is C23H26Cl2N2O5. The summed E-state index contributed by atoms with van der Waals surface area (Å²) in [4.78, 5) is 36.9. The molecule has 0 bridgehead atoms. The first-order valence-corrected chi connectivity index (χ1v) is 10.9. The Morgan fingerprint density at radius 3 is 2.12 bits per heavy atom. The molecule has 0 radical (unpaired) electrons. The van der Waals surface area contributed by atoms with Crippen LogP contribution in [0, 0.1) is 5.92 Å². The Morgan fingerprint density at radius 1 is 0.938 bits per heavy atom. The van der Waals surface area contributed by atoms with Crippen molar-refractivity contribution in [1.82, 2.24) is 10.6 Å². The molecule has 32 heavy (non-hydrogen) atoms. The Balaban J connectivity index is 2.05. The van der Waals surface area contributed by atoms with E-state index in [0.717, 1.165) is 5.56 Å². The molecule has 0 aromatic heterocycles. The number of carbonyl (C=O) groups is 3.